The Labute approximate surface area is 151 Å². The van der Waals surface area contributed by atoms with Gasteiger partial charge in [-0.3, -0.25) is 10.1 Å². The van der Waals surface area contributed by atoms with Crippen LogP contribution in [0.1, 0.15) is 15.9 Å². The van der Waals surface area contributed by atoms with E-state index in [0.717, 1.165) is 5.56 Å². The Balaban J connectivity index is 1.75. The second kappa shape index (κ2) is 8.44. The second-order valence-corrected chi connectivity index (χ2v) is 5.93. The summed E-state index contributed by atoms with van der Waals surface area (Å²) in [6.45, 7) is 2.58. The average molecular weight is 356 g/mol. The quantitative estimate of drug-likeness (QED) is 0.450. The van der Waals surface area contributed by atoms with Crippen molar-refractivity contribution in [1.82, 2.24) is 0 Å². The van der Waals surface area contributed by atoms with Gasteiger partial charge in [0.05, 0.1) is 36.0 Å². The van der Waals surface area contributed by atoms with E-state index in [4.69, 9.17) is 9.47 Å². The molecule has 0 radical (unpaired) electrons. The van der Waals surface area contributed by atoms with Gasteiger partial charge in [-0.15, -0.1) is 0 Å². The molecule has 0 amide bonds. The number of morpholine rings is 1. The highest BCUT2D eigenvalue weighted by Crippen LogP contribution is 2.27. The number of hydrogen-bond donors (Lipinski definition) is 0. The number of ether oxygens (including phenoxy) is 2. The van der Waals surface area contributed by atoms with Crippen LogP contribution in [0.25, 0.3) is 0 Å². The van der Waals surface area contributed by atoms with Crippen molar-refractivity contribution < 1.29 is 19.2 Å². The predicted molar refractivity (Wildman–Crippen MR) is 96.6 cm³/mol. The third kappa shape index (κ3) is 4.37. The van der Waals surface area contributed by atoms with E-state index in [2.05, 4.69) is 0 Å². The smallest absolute Gasteiger partial charge is 0.340 e. The molecule has 0 unspecified atom stereocenters. The SMILES string of the molecule is O=C(OCCc1ccccc1)c1cc([N+](=O)[O-])ccc1N1CCOCC1. The molecule has 0 bridgehead atoms. The van der Waals surface area contributed by atoms with Gasteiger partial charge in [-0.05, 0) is 11.6 Å². The maximum Gasteiger partial charge on any atom is 0.340 e. The molecule has 7 nitrogen and oxygen atoms in total. The maximum atomic E-state index is 12.6. The molecule has 1 fully saturated rings. The van der Waals surface area contributed by atoms with Crippen molar-refractivity contribution in [2.45, 2.75) is 6.42 Å². The molecule has 136 valence electrons. The number of benzene rings is 2. The Morgan fingerprint density at radius 2 is 1.88 bits per heavy atom. The van der Waals surface area contributed by atoms with Crippen LogP contribution in [0.5, 0.6) is 0 Å². The molecule has 26 heavy (non-hydrogen) atoms. The Morgan fingerprint density at radius 3 is 2.58 bits per heavy atom. The lowest BCUT2D eigenvalue weighted by atomic mass is 10.1. The summed E-state index contributed by atoms with van der Waals surface area (Å²) < 4.78 is 10.7. The number of nitro groups is 1. The van der Waals surface area contributed by atoms with Crippen LogP contribution in [0.3, 0.4) is 0 Å². The largest absolute Gasteiger partial charge is 0.462 e. The Hall–Kier alpha value is -2.93. The van der Waals surface area contributed by atoms with Gasteiger partial charge in [-0.2, -0.15) is 0 Å². The van der Waals surface area contributed by atoms with Gasteiger partial charge in [0.15, 0.2) is 0 Å². The number of hydrogen-bond acceptors (Lipinski definition) is 6. The van der Waals surface area contributed by atoms with Gasteiger partial charge in [0.2, 0.25) is 0 Å². The summed E-state index contributed by atoms with van der Waals surface area (Å²) in [5.74, 6) is -0.550. The summed E-state index contributed by atoms with van der Waals surface area (Å²) >= 11 is 0. The van der Waals surface area contributed by atoms with Crippen molar-refractivity contribution in [3.63, 3.8) is 0 Å². The van der Waals surface area contributed by atoms with Crippen LogP contribution in [-0.2, 0) is 15.9 Å². The summed E-state index contributed by atoms with van der Waals surface area (Å²) in [6, 6.07) is 14.0. The van der Waals surface area contributed by atoms with E-state index in [1.54, 1.807) is 6.07 Å². The van der Waals surface area contributed by atoms with E-state index < -0.39 is 10.9 Å². The molecule has 1 aliphatic rings. The van der Waals surface area contributed by atoms with Crippen LogP contribution < -0.4 is 4.90 Å². The topological polar surface area (TPSA) is 81.9 Å². The summed E-state index contributed by atoms with van der Waals surface area (Å²) in [5.41, 5.74) is 1.79. The molecule has 0 aliphatic carbocycles. The van der Waals surface area contributed by atoms with E-state index in [1.165, 1.54) is 12.1 Å². The number of carbonyl (C=O) groups is 1. The molecule has 7 heteroatoms. The van der Waals surface area contributed by atoms with E-state index in [-0.39, 0.29) is 17.9 Å². The molecule has 0 saturated carbocycles. The molecular formula is C19H20N2O5. The van der Waals surface area contributed by atoms with E-state index >= 15 is 0 Å². The van der Waals surface area contributed by atoms with Crippen molar-refractivity contribution in [1.29, 1.82) is 0 Å². The third-order valence-corrected chi connectivity index (χ3v) is 4.23. The first-order valence-corrected chi connectivity index (χ1v) is 8.47. The van der Waals surface area contributed by atoms with Crippen molar-refractivity contribution >= 4 is 17.3 Å². The highest BCUT2D eigenvalue weighted by Gasteiger charge is 2.23. The van der Waals surface area contributed by atoms with E-state index in [1.807, 2.05) is 35.2 Å². The lowest BCUT2D eigenvalue weighted by Crippen LogP contribution is -2.37. The van der Waals surface area contributed by atoms with Gasteiger partial charge >= 0.3 is 5.97 Å². The van der Waals surface area contributed by atoms with Gasteiger partial charge in [0, 0.05) is 31.6 Å². The van der Waals surface area contributed by atoms with Crippen LogP contribution in [0.4, 0.5) is 11.4 Å². The van der Waals surface area contributed by atoms with Crippen molar-refractivity contribution in [3.8, 4) is 0 Å². The standard InChI is InChI=1S/C19H20N2O5/c22-19(26-11-8-15-4-2-1-3-5-15)17-14-16(21(23)24)6-7-18(17)20-9-12-25-13-10-20/h1-7,14H,8-13H2. The second-order valence-electron chi connectivity index (χ2n) is 5.93. The monoisotopic (exact) mass is 356 g/mol. The van der Waals surface area contributed by atoms with Gasteiger partial charge < -0.3 is 14.4 Å². The minimum absolute atomic E-state index is 0.128. The lowest BCUT2D eigenvalue weighted by Gasteiger charge is -2.30. The van der Waals surface area contributed by atoms with Gasteiger partial charge in [0.25, 0.3) is 5.69 Å². The maximum absolute atomic E-state index is 12.6. The molecule has 2 aromatic rings. The molecule has 2 aromatic carbocycles. The zero-order chi connectivity index (χ0) is 18.4. The van der Waals surface area contributed by atoms with Gasteiger partial charge in [0.1, 0.15) is 0 Å². The third-order valence-electron chi connectivity index (χ3n) is 4.23. The number of esters is 1. The zero-order valence-electron chi connectivity index (χ0n) is 14.3. The minimum Gasteiger partial charge on any atom is -0.462 e. The molecule has 0 atom stereocenters. The van der Waals surface area contributed by atoms with Gasteiger partial charge in [-0.1, -0.05) is 30.3 Å². The fourth-order valence-corrected chi connectivity index (χ4v) is 2.87. The first kappa shape index (κ1) is 17.9. The highest BCUT2D eigenvalue weighted by molar-refractivity contribution is 5.96. The van der Waals surface area contributed by atoms with Crippen LogP contribution in [-0.4, -0.2) is 43.8 Å². The van der Waals surface area contributed by atoms with Crippen LogP contribution in [0.15, 0.2) is 48.5 Å². The molecule has 0 N–H and O–H groups in total. The first-order chi connectivity index (χ1) is 12.6. The molecule has 0 spiro atoms. The number of non-ortho nitro benzene ring substituents is 1. The minimum atomic E-state index is -0.550. The number of nitro benzene ring substituents is 1. The first-order valence-electron chi connectivity index (χ1n) is 8.47. The van der Waals surface area contributed by atoms with Gasteiger partial charge in [-0.25, -0.2) is 4.79 Å². The predicted octanol–water partition coefficient (Wildman–Crippen LogP) is 2.83. The highest BCUT2D eigenvalue weighted by atomic mass is 16.6. The van der Waals surface area contributed by atoms with Crippen molar-refractivity contribution in [2.75, 3.05) is 37.8 Å². The molecule has 1 aliphatic heterocycles. The average Bonchev–Trinajstić information content (AvgIpc) is 2.69. The van der Waals surface area contributed by atoms with Crippen LogP contribution in [0, 0.1) is 10.1 Å². The Bertz CT molecular complexity index is 773. The summed E-state index contributed by atoms with van der Waals surface area (Å²) in [7, 11) is 0. The fraction of sp³-hybridized carbons (Fsp3) is 0.316. The molecule has 1 saturated heterocycles. The normalized spacial score (nSPS) is 14.1. The number of carbonyl (C=O) groups excluding carboxylic acids is 1. The number of rotatable bonds is 6. The Kier molecular flexibility index (Phi) is 5.80. The molecule has 3 rings (SSSR count). The van der Waals surface area contributed by atoms with Crippen molar-refractivity contribution in [3.05, 3.63) is 69.8 Å². The van der Waals surface area contributed by atoms with Crippen LogP contribution >= 0.6 is 0 Å². The summed E-state index contributed by atoms with van der Waals surface area (Å²) in [6.07, 6.45) is 0.592. The summed E-state index contributed by atoms with van der Waals surface area (Å²) in [4.78, 5) is 25.1. The van der Waals surface area contributed by atoms with E-state index in [9.17, 15) is 14.9 Å². The van der Waals surface area contributed by atoms with Crippen molar-refractivity contribution in [2.24, 2.45) is 0 Å². The lowest BCUT2D eigenvalue weighted by molar-refractivity contribution is -0.384. The number of anilines is 1. The molecule has 0 aromatic heterocycles. The molecule has 1 heterocycles. The Morgan fingerprint density at radius 1 is 1.15 bits per heavy atom. The zero-order valence-corrected chi connectivity index (χ0v) is 14.3. The molecular weight excluding hydrogens is 336 g/mol. The van der Waals surface area contributed by atoms with Crippen LogP contribution in [0.2, 0.25) is 0 Å². The fourth-order valence-electron chi connectivity index (χ4n) is 2.87. The summed E-state index contributed by atoms with van der Waals surface area (Å²) in [5, 5.41) is 11.1. The number of nitrogens with zero attached hydrogens (tertiary/aromatic N) is 2. The van der Waals surface area contributed by atoms with E-state index in [0.29, 0.717) is 38.4 Å².